The number of fused-ring (bicyclic) bond motifs is 9. The van der Waals surface area contributed by atoms with Crippen LogP contribution in [-0.2, 0) is 0 Å². The number of hydrogen-bond acceptors (Lipinski definition) is 3. The highest BCUT2D eigenvalue weighted by atomic mass is 32.1. The van der Waals surface area contributed by atoms with Crippen LogP contribution in [0.2, 0.25) is 0 Å². The lowest BCUT2D eigenvalue weighted by Gasteiger charge is -2.27. The van der Waals surface area contributed by atoms with E-state index in [0.717, 1.165) is 66.5 Å². The molecule has 10 aromatic rings. The first-order valence-electron chi connectivity index (χ1n) is 15.6. The van der Waals surface area contributed by atoms with Gasteiger partial charge in [-0.25, -0.2) is 4.39 Å². The van der Waals surface area contributed by atoms with Crippen LogP contribution >= 0.6 is 11.3 Å². The molecule has 0 fully saturated rings. The molecule has 0 saturated carbocycles. The Bertz CT molecular complexity index is 2820. The summed E-state index contributed by atoms with van der Waals surface area (Å²) >= 11 is 1.83. The molecule has 0 saturated heterocycles. The van der Waals surface area contributed by atoms with Crippen LogP contribution in [-0.4, -0.2) is 4.57 Å². The number of para-hydroxylation sites is 2. The van der Waals surface area contributed by atoms with Crippen molar-refractivity contribution in [1.82, 2.24) is 4.57 Å². The van der Waals surface area contributed by atoms with Crippen molar-refractivity contribution in [1.29, 1.82) is 0 Å². The van der Waals surface area contributed by atoms with Crippen LogP contribution in [0.5, 0.6) is 0 Å². The van der Waals surface area contributed by atoms with Crippen LogP contribution in [0.1, 0.15) is 0 Å². The second kappa shape index (κ2) is 10.0. The van der Waals surface area contributed by atoms with Crippen molar-refractivity contribution >= 4 is 92.3 Å². The number of benzene rings is 7. The van der Waals surface area contributed by atoms with Crippen molar-refractivity contribution in [2.24, 2.45) is 0 Å². The summed E-state index contributed by atoms with van der Waals surface area (Å²) in [5.41, 5.74) is 8.00. The van der Waals surface area contributed by atoms with Crippen LogP contribution in [0.25, 0.3) is 69.6 Å². The summed E-state index contributed by atoms with van der Waals surface area (Å²) in [5, 5.41) is 6.93. The van der Waals surface area contributed by atoms with Crippen molar-refractivity contribution in [3.8, 4) is 5.69 Å². The van der Waals surface area contributed by atoms with Gasteiger partial charge in [-0.2, -0.15) is 0 Å². The zero-order chi connectivity index (χ0) is 31.1. The molecule has 47 heavy (non-hydrogen) atoms. The molecule has 0 amide bonds. The Labute approximate surface area is 272 Å². The number of anilines is 3. The first-order valence-corrected chi connectivity index (χ1v) is 16.4. The topological polar surface area (TPSA) is 21.3 Å². The summed E-state index contributed by atoms with van der Waals surface area (Å²) in [4.78, 5) is 2.39. The molecule has 0 spiro atoms. The van der Waals surface area contributed by atoms with Crippen molar-refractivity contribution in [2.75, 3.05) is 4.90 Å². The fourth-order valence-electron chi connectivity index (χ4n) is 7.23. The fraction of sp³-hybridized carbons (Fsp3) is 0. The van der Waals surface area contributed by atoms with Crippen molar-refractivity contribution in [2.45, 2.75) is 0 Å². The zero-order valence-electron chi connectivity index (χ0n) is 25.0. The maximum atomic E-state index is 14.0. The van der Waals surface area contributed by atoms with E-state index in [1.54, 1.807) is 0 Å². The quantitative estimate of drug-likeness (QED) is 0.194. The van der Waals surface area contributed by atoms with Gasteiger partial charge in [0.25, 0.3) is 0 Å². The Morgan fingerprint density at radius 1 is 0.532 bits per heavy atom. The number of hydrogen-bond donors (Lipinski definition) is 0. The maximum absolute atomic E-state index is 14.0. The van der Waals surface area contributed by atoms with E-state index < -0.39 is 0 Å². The molecule has 7 aromatic carbocycles. The lowest BCUT2D eigenvalue weighted by Crippen LogP contribution is -2.10. The van der Waals surface area contributed by atoms with E-state index in [0.29, 0.717) is 0 Å². The molecule has 0 aliphatic carbocycles. The second-order valence-corrected chi connectivity index (χ2v) is 12.9. The van der Waals surface area contributed by atoms with Gasteiger partial charge < -0.3 is 13.9 Å². The average Bonchev–Trinajstić information content (AvgIpc) is 3.79. The van der Waals surface area contributed by atoms with Gasteiger partial charge in [-0.1, -0.05) is 72.8 Å². The number of aromatic nitrogens is 1. The van der Waals surface area contributed by atoms with Gasteiger partial charge >= 0.3 is 0 Å². The zero-order valence-corrected chi connectivity index (χ0v) is 25.8. The maximum Gasteiger partial charge on any atom is 0.137 e. The minimum atomic E-state index is -0.246. The molecule has 0 atom stereocenters. The van der Waals surface area contributed by atoms with Crippen LogP contribution in [0.3, 0.4) is 0 Å². The van der Waals surface area contributed by atoms with Gasteiger partial charge in [-0.15, -0.1) is 11.3 Å². The molecule has 3 nitrogen and oxygen atoms in total. The first-order chi connectivity index (χ1) is 23.2. The largest absolute Gasteiger partial charge is 0.456 e. The van der Waals surface area contributed by atoms with Gasteiger partial charge in [-0.3, -0.25) is 0 Å². The monoisotopic (exact) mass is 624 g/mol. The normalized spacial score (nSPS) is 11.9. The summed E-state index contributed by atoms with van der Waals surface area (Å²) < 4.78 is 25.1. The number of halogens is 1. The minimum absolute atomic E-state index is 0.246. The highest BCUT2D eigenvalue weighted by Crippen LogP contribution is 2.48. The van der Waals surface area contributed by atoms with Gasteiger partial charge in [0.15, 0.2) is 0 Å². The van der Waals surface area contributed by atoms with Gasteiger partial charge in [0.1, 0.15) is 17.0 Å². The molecule has 0 aliphatic heterocycles. The molecule has 3 heterocycles. The van der Waals surface area contributed by atoms with Crippen LogP contribution < -0.4 is 4.90 Å². The molecular formula is C42H25FN2OS. The molecule has 3 aromatic heterocycles. The van der Waals surface area contributed by atoms with E-state index in [4.69, 9.17) is 4.42 Å². The molecule has 10 rings (SSSR count). The number of nitrogens with zero attached hydrogens (tertiary/aromatic N) is 2. The third kappa shape index (κ3) is 3.90. The molecular weight excluding hydrogens is 600 g/mol. The number of thiophene rings is 1. The fourth-order valence-corrected chi connectivity index (χ4v) is 8.43. The molecule has 0 bridgehead atoms. The number of furan rings is 1. The minimum Gasteiger partial charge on any atom is -0.456 e. The average molecular weight is 625 g/mol. The molecule has 222 valence electrons. The van der Waals surface area contributed by atoms with E-state index in [9.17, 15) is 4.39 Å². The highest BCUT2D eigenvalue weighted by molar-refractivity contribution is 7.26. The van der Waals surface area contributed by atoms with Crippen LogP contribution in [0.15, 0.2) is 156 Å². The van der Waals surface area contributed by atoms with E-state index in [-0.39, 0.29) is 5.82 Å². The third-order valence-corrected chi connectivity index (χ3v) is 10.5. The van der Waals surface area contributed by atoms with Crippen LogP contribution in [0.4, 0.5) is 21.5 Å². The van der Waals surface area contributed by atoms with E-state index in [1.165, 1.54) is 32.3 Å². The SMILES string of the molecule is Fc1ccc(-n2c3ccccc3c3cc(N(c4cccc5c4sc4ccccc45)c4cccc5oc6ccccc6c45)ccc32)cc1. The summed E-state index contributed by atoms with van der Waals surface area (Å²) in [7, 11) is 0. The van der Waals surface area contributed by atoms with E-state index in [2.05, 4.69) is 125 Å². The third-order valence-electron chi connectivity index (χ3n) is 9.25. The van der Waals surface area contributed by atoms with E-state index in [1.807, 2.05) is 35.6 Å². The lowest BCUT2D eigenvalue weighted by molar-refractivity contribution is 0.627. The van der Waals surface area contributed by atoms with Crippen LogP contribution in [0, 0.1) is 5.82 Å². The summed E-state index contributed by atoms with van der Waals surface area (Å²) in [6, 6.07) is 51.7. The Morgan fingerprint density at radius 2 is 1.21 bits per heavy atom. The predicted molar refractivity (Wildman–Crippen MR) is 196 cm³/mol. The van der Waals surface area contributed by atoms with Gasteiger partial charge in [-0.05, 0) is 78.9 Å². The smallest absolute Gasteiger partial charge is 0.137 e. The Kier molecular flexibility index (Phi) is 5.63. The molecule has 5 heteroatoms. The first kappa shape index (κ1) is 26.3. The van der Waals surface area contributed by atoms with E-state index >= 15 is 0 Å². The van der Waals surface area contributed by atoms with Crippen molar-refractivity contribution < 1.29 is 8.81 Å². The summed E-state index contributed by atoms with van der Waals surface area (Å²) in [6.07, 6.45) is 0. The standard InChI is InChI=1S/C42H25FN2OS/c43-26-19-21-27(22-20-26)44-34-13-4-1-9-29(34)33-25-28(23-24-35(33)44)45(36-14-8-17-39-41(36)32-11-2-5-16-38(32)46-39)37-15-7-12-31-30-10-3-6-18-40(30)47-42(31)37/h1-25H. The molecule has 0 N–H and O–H groups in total. The number of rotatable bonds is 4. The highest BCUT2D eigenvalue weighted by Gasteiger charge is 2.23. The predicted octanol–water partition coefficient (Wildman–Crippen LogP) is 12.7. The molecule has 0 aliphatic rings. The van der Waals surface area contributed by atoms with Gasteiger partial charge in [0.05, 0.1) is 32.5 Å². The summed E-state index contributed by atoms with van der Waals surface area (Å²) in [5.74, 6) is -0.246. The van der Waals surface area contributed by atoms with Gasteiger partial charge in [0.2, 0.25) is 0 Å². The van der Waals surface area contributed by atoms with Crippen molar-refractivity contribution in [3.05, 3.63) is 157 Å². The Balaban J connectivity index is 1.30. The van der Waals surface area contributed by atoms with Gasteiger partial charge in [0, 0.05) is 43.0 Å². The lowest BCUT2D eigenvalue weighted by atomic mass is 10.1. The molecule has 0 unspecified atom stereocenters. The Morgan fingerprint density at radius 3 is 2.11 bits per heavy atom. The molecule has 0 radical (unpaired) electrons. The summed E-state index contributed by atoms with van der Waals surface area (Å²) in [6.45, 7) is 0. The second-order valence-electron chi connectivity index (χ2n) is 11.9. The van der Waals surface area contributed by atoms with Crippen molar-refractivity contribution in [3.63, 3.8) is 0 Å². The Hall–Kier alpha value is -5.91.